The van der Waals surface area contributed by atoms with Gasteiger partial charge in [0.25, 0.3) is 5.91 Å². The standard InChI is InChI=1S/C15H11Cl2N3O/c16-11-5-3-4-10(8-11)9-18-15(21)14-13(17)12-6-1-2-7-20(12)19-14/h1-8H,9H2,(H,18,21). The minimum atomic E-state index is -0.316. The van der Waals surface area contributed by atoms with E-state index in [1.54, 1.807) is 22.8 Å². The van der Waals surface area contributed by atoms with E-state index in [4.69, 9.17) is 23.2 Å². The van der Waals surface area contributed by atoms with Crippen LogP contribution < -0.4 is 5.32 Å². The van der Waals surface area contributed by atoms with E-state index in [-0.39, 0.29) is 11.6 Å². The topological polar surface area (TPSA) is 46.4 Å². The molecule has 21 heavy (non-hydrogen) atoms. The van der Waals surface area contributed by atoms with Gasteiger partial charge in [0.05, 0.1) is 10.5 Å². The molecule has 0 radical (unpaired) electrons. The normalized spacial score (nSPS) is 10.8. The molecule has 0 saturated carbocycles. The van der Waals surface area contributed by atoms with E-state index >= 15 is 0 Å². The molecule has 106 valence electrons. The SMILES string of the molecule is O=C(NCc1cccc(Cl)c1)c1nn2ccccc2c1Cl. The Labute approximate surface area is 131 Å². The van der Waals surface area contributed by atoms with E-state index in [9.17, 15) is 4.79 Å². The molecule has 0 aliphatic rings. The molecular weight excluding hydrogens is 309 g/mol. The Kier molecular flexibility index (Phi) is 3.82. The number of halogens is 2. The van der Waals surface area contributed by atoms with Crippen molar-refractivity contribution in [3.63, 3.8) is 0 Å². The number of benzene rings is 1. The molecule has 0 fully saturated rings. The lowest BCUT2D eigenvalue weighted by atomic mass is 10.2. The van der Waals surface area contributed by atoms with Crippen molar-refractivity contribution < 1.29 is 4.79 Å². The number of aromatic nitrogens is 2. The lowest BCUT2D eigenvalue weighted by molar-refractivity contribution is 0.0945. The van der Waals surface area contributed by atoms with Crippen LogP contribution in [0.25, 0.3) is 5.52 Å². The van der Waals surface area contributed by atoms with Gasteiger partial charge in [0.1, 0.15) is 0 Å². The molecule has 0 aliphatic carbocycles. The van der Waals surface area contributed by atoms with Gasteiger partial charge in [-0.15, -0.1) is 0 Å². The summed E-state index contributed by atoms with van der Waals surface area (Å²) >= 11 is 12.1. The van der Waals surface area contributed by atoms with Crippen LogP contribution in [0.3, 0.4) is 0 Å². The van der Waals surface area contributed by atoms with Crippen LogP contribution in [0.1, 0.15) is 16.1 Å². The van der Waals surface area contributed by atoms with Crippen molar-refractivity contribution >= 4 is 34.6 Å². The Morgan fingerprint density at radius 3 is 2.81 bits per heavy atom. The van der Waals surface area contributed by atoms with E-state index in [1.165, 1.54) is 0 Å². The molecule has 6 heteroatoms. The van der Waals surface area contributed by atoms with Crippen LogP contribution in [0, 0.1) is 0 Å². The van der Waals surface area contributed by atoms with Crippen molar-refractivity contribution in [1.82, 2.24) is 14.9 Å². The summed E-state index contributed by atoms with van der Waals surface area (Å²) in [5.41, 5.74) is 1.83. The highest BCUT2D eigenvalue weighted by molar-refractivity contribution is 6.36. The summed E-state index contributed by atoms with van der Waals surface area (Å²) < 4.78 is 1.58. The summed E-state index contributed by atoms with van der Waals surface area (Å²) in [7, 11) is 0. The molecule has 0 bridgehead atoms. The van der Waals surface area contributed by atoms with Gasteiger partial charge in [-0.1, -0.05) is 41.4 Å². The molecule has 0 saturated heterocycles. The zero-order chi connectivity index (χ0) is 14.8. The minimum absolute atomic E-state index is 0.213. The third kappa shape index (κ3) is 2.86. The highest BCUT2D eigenvalue weighted by Crippen LogP contribution is 2.21. The van der Waals surface area contributed by atoms with Crippen molar-refractivity contribution in [1.29, 1.82) is 0 Å². The van der Waals surface area contributed by atoms with Crippen LogP contribution in [0.15, 0.2) is 48.7 Å². The Bertz CT molecular complexity index is 814. The summed E-state index contributed by atoms with van der Waals surface area (Å²) in [6.45, 7) is 0.365. The average Bonchev–Trinajstić information content (AvgIpc) is 2.83. The van der Waals surface area contributed by atoms with Crippen LogP contribution in [-0.2, 0) is 6.54 Å². The van der Waals surface area contributed by atoms with E-state index in [0.717, 1.165) is 5.56 Å². The number of carbonyl (C=O) groups is 1. The summed E-state index contributed by atoms with van der Waals surface area (Å²) in [6.07, 6.45) is 1.75. The molecule has 2 heterocycles. The second-order valence-electron chi connectivity index (χ2n) is 4.51. The van der Waals surface area contributed by atoms with Crippen LogP contribution >= 0.6 is 23.2 Å². The number of nitrogens with one attached hydrogen (secondary N) is 1. The van der Waals surface area contributed by atoms with Crippen molar-refractivity contribution in [2.24, 2.45) is 0 Å². The Balaban J connectivity index is 1.79. The first-order valence-corrected chi connectivity index (χ1v) is 7.06. The van der Waals surface area contributed by atoms with E-state index in [2.05, 4.69) is 10.4 Å². The lowest BCUT2D eigenvalue weighted by Gasteiger charge is -2.04. The zero-order valence-electron chi connectivity index (χ0n) is 10.9. The average molecular weight is 320 g/mol. The second-order valence-corrected chi connectivity index (χ2v) is 5.32. The van der Waals surface area contributed by atoms with E-state index in [0.29, 0.717) is 22.1 Å². The predicted molar refractivity (Wildman–Crippen MR) is 82.8 cm³/mol. The fourth-order valence-corrected chi connectivity index (χ4v) is 2.51. The maximum absolute atomic E-state index is 12.2. The quantitative estimate of drug-likeness (QED) is 0.802. The minimum Gasteiger partial charge on any atom is -0.347 e. The summed E-state index contributed by atoms with van der Waals surface area (Å²) in [5, 5.41) is 7.95. The number of fused-ring (bicyclic) bond motifs is 1. The molecule has 3 rings (SSSR count). The van der Waals surface area contributed by atoms with Crippen LogP contribution in [0.4, 0.5) is 0 Å². The third-order valence-electron chi connectivity index (χ3n) is 3.04. The Morgan fingerprint density at radius 1 is 1.19 bits per heavy atom. The first-order valence-electron chi connectivity index (χ1n) is 6.30. The smallest absolute Gasteiger partial charge is 0.273 e. The molecule has 2 aromatic heterocycles. The predicted octanol–water partition coefficient (Wildman–Crippen LogP) is 3.57. The van der Waals surface area contributed by atoms with Gasteiger partial charge in [-0.25, -0.2) is 4.52 Å². The maximum Gasteiger partial charge on any atom is 0.273 e. The van der Waals surface area contributed by atoms with Gasteiger partial charge < -0.3 is 5.32 Å². The van der Waals surface area contributed by atoms with Crippen molar-refractivity contribution in [3.05, 3.63) is 70.0 Å². The van der Waals surface area contributed by atoms with Gasteiger partial charge in [-0.3, -0.25) is 4.79 Å². The van der Waals surface area contributed by atoms with Crippen LogP contribution in [0.5, 0.6) is 0 Å². The molecule has 0 atom stereocenters. The first-order chi connectivity index (χ1) is 10.1. The van der Waals surface area contributed by atoms with Gasteiger partial charge in [0, 0.05) is 17.8 Å². The zero-order valence-corrected chi connectivity index (χ0v) is 12.4. The van der Waals surface area contributed by atoms with Crippen LogP contribution in [0.2, 0.25) is 10.0 Å². The summed E-state index contributed by atoms with van der Waals surface area (Å²) in [6, 6.07) is 12.8. The number of hydrogen-bond acceptors (Lipinski definition) is 2. The molecule has 1 N–H and O–H groups in total. The fraction of sp³-hybridized carbons (Fsp3) is 0.0667. The molecule has 0 aliphatic heterocycles. The van der Waals surface area contributed by atoms with Crippen LogP contribution in [-0.4, -0.2) is 15.5 Å². The summed E-state index contributed by atoms with van der Waals surface area (Å²) in [5.74, 6) is -0.316. The Hall–Kier alpha value is -2.04. The van der Waals surface area contributed by atoms with Gasteiger partial charge >= 0.3 is 0 Å². The third-order valence-corrected chi connectivity index (χ3v) is 3.64. The van der Waals surface area contributed by atoms with Gasteiger partial charge in [-0.2, -0.15) is 5.10 Å². The van der Waals surface area contributed by atoms with Crippen molar-refractivity contribution in [3.8, 4) is 0 Å². The number of carbonyl (C=O) groups excluding carboxylic acids is 1. The fourth-order valence-electron chi connectivity index (χ4n) is 2.03. The number of pyridine rings is 1. The molecule has 1 amide bonds. The molecule has 4 nitrogen and oxygen atoms in total. The largest absolute Gasteiger partial charge is 0.347 e. The molecule has 3 aromatic rings. The number of rotatable bonds is 3. The van der Waals surface area contributed by atoms with Crippen molar-refractivity contribution in [2.75, 3.05) is 0 Å². The first kappa shape index (κ1) is 13.9. The van der Waals surface area contributed by atoms with E-state index < -0.39 is 0 Å². The molecule has 0 spiro atoms. The number of nitrogens with zero attached hydrogens (tertiary/aromatic N) is 2. The highest BCUT2D eigenvalue weighted by Gasteiger charge is 2.17. The molecule has 0 unspecified atom stereocenters. The number of hydrogen-bond donors (Lipinski definition) is 1. The monoisotopic (exact) mass is 319 g/mol. The summed E-state index contributed by atoms with van der Waals surface area (Å²) in [4.78, 5) is 12.2. The van der Waals surface area contributed by atoms with Gasteiger partial charge in [0.2, 0.25) is 0 Å². The second kappa shape index (κ2) is 5.76. The van der Waals surface area contributed by atoms with Gasteiger partial charge in [-0.05, 0) is 29.8 Å². The Morgan fingerprint density at radius 2 is 2.05 bits per heavy atom. The molecular formula is C15H11Cl2N3O. The maximum atomic E-state index is 12.2. The van der Waals surface area contributed by atoms with Crippen molar-refractivity contribution in [2.45, 2.75) is 6.54 Å². The van der Waals surface area contributed by atoms with E-state index in [1.807, 2.05) is 30.3 Å². The van der Waals surface area contributed by atoms with Gasteiger partial charge in [0.15, 0.2) is 5.69 Å². The highest BCUT2D eigenvalue weighted by atomic mass is 35.5. The number of amides is 1. The molecule has 1 aromatic carbocycles. The lowest BCUT2D eigenvalue weighted by Crippen LogP contribution is -2.23.